The van der Waals surface area contributed by atoms with E-state index in [0.29, 0.717) is 19.5 Å². The van der Waals surface area contributed by atoms with Crippen LogP contribution in [-0.2, 0) is 11.3 Å². The summed E-state index contributed by atoms with van der Waals surface area (Å²) in [5.41, 5.74) is 6.41. The second-order valence-corrected chi connectivity index (χ2v) is 3.59. The highest BCUT2D eigenvalue weighted by Crippen LogP contribution is 2.15. The maximum Gasteiger partial charge on any atom is 0.239 e. The highest BCUT2D eigenvalue weighted by Gasteiger charge is 2.28. The second kappa shape index (κ2) is 3.75. The zero-order chi connectivity index (χ0) is 10.8. The van der Waals surface area contributed by atoms with Crippen LogP contribution in [0, 0.1) is 11.3 Å². The van der Waals surface area contributed by atoms with E-state index in [1.165, 1.54) is 6.26 Å². The predicted molar refractivity (Wildman–Crippen MR) is 51.4 cm³/mol. The summed E-state index contributed by atoms with van der Waals surface area (Å²) in [6.45, 7) is 1.14. The van der Waals surface area contributed by atoms with Gasteiger partial charge in [0.15, 0.2) is 0 Å². The second-order valence-electron chi connectivity index (χ2n) is 3.59. The molecule has 0 aliphatic carbocycles. The summed E-state index contributed by atoms with van der Waals surface area (Å²) in [7, 11) is 0. The van der Waals surface area contributed by atoms with E-state index in [2.05, 4.69) is 0 Å². The van der Waals surface area contributed by atoms with Gasteiger partial charge in [0.1, 0.15) is 6.07 Å². The predicted octanol–water partition coefficient (Wildman–Crippen LogP) is 0.211. The quantitative estimate of drug-likeness (QED) is 0.748. The van der Waals surface area contributed by atoms with E-state index in [4.69, 9.17) is 15.4 Å². The molecule has 1 saturated heterocycles. The Morgan fingerprint density at radius 3 is 3.07 bits per heavy atom. The van der Waals surface area contributed by atoms with Gasteiger partial charge in [0, 0.05) is 18.7 Å². The molecule has 0 aromatic carbocycles. The van der Waals surface area contributed by atoms with Crippen molar-refractivity contribution in [2.45, 2.75) is 19.0 Å². The molecule has 2 rings (SSSR count). The van der Waals surface area contributed by atoms with Gasteiger partial charge in [0.2, 0.25) is 11.7 Å². The third-order valence-corrected chi connectivity index (χ3v) is 2.48. The number of likely N-dealkylation sites (tertiary alicyclic amines) is 1. The van der Waals surface area contributed by atoms with Crippen molar-refractivity contribution in [1.29, 1.82) is 5.26 Å². The highest BCUT2D eigenvalue weighted by atomic mass is 16.3. The first-order chi connectivity index (χ1) is 7.20. The van der Waals surface area contributed by atoms with Gasteiger partial charge in [0.25, 0.3) is 0 Å². The first-order valence-electron chi connectivity index (χ1n) is 4.72. The van der Waals surface area contributed by atoms with E-state index in [0.717, 1.165) is 5.56 Å². The Kier molecular flexibility index (Phi) is 2.44. The van der Waals surface area contributed by atoms with Gasteiger partial charge in [-0.15, -0.1) is 0 Å². The largest absolute Gasteiger partial charge is 0.454 e. The van der Waals surface area contributed by atoms with Gasteiger partial charge in [-0.3, -0.25) is 4.79 Å². The first-order valence-corrected chi connectivity index (χ1v) is 4.72. The monoisotopic (exact) mass is 205 g/mol. The number of nitrogens with zero attached hydrogens (tertiary/aromatic N) is 2. The Morgan fingerprint density at radius 1 is 1.73 bits per heavy atom. The van der Waals surface area contributed by atoms with Crippen LogP contribution < -0.4 is 5.73 Å². The molecule has 5 heteroatoms. The molecule has 78 valence electrons. The Hall–Kier alpha value is -1.80. The van der Waals surface area contributed by atoms with Crippen LogP contribution >= 0.6 is 0 Å². The molecule has 0 radical (unpaired) electrons. The molecule has 0 bridgehead atoms. The van der Waals surface area contributed by atoms with Gasteiger partial charge in [-0.1, -0.05) is 0 Å². The van der Waals surface area contributed by atoms with Crippen molar-refractivity contribution < 1.29 is 9.21 Å². The number of furan rings is 1. The first kappa shape index (κ1) is 9.74. The molecule has 0 spiro atoms. The number of hydrogen-bond acceptors (Lipinski definition) is 4. The van der Waals surface area contributed by atoms with Crippen LogP contribution in [0.4, 0.5) is 0 Å². The molecule has 1 aliphatic rings. The van der Waals surface area contributed by atoms with Crippen LogP contribution in [0.25, 0.3) is 0 Å². The van der Waals surface area contributed by atoms with Gasteiger partial charge in [-0.05, 0) is 12.5 Å². The van der Waals surface area contributed by atoms with Gasteiger partial charge in [-0.2, -0.15) is 5.26 Å². The van der Waals surface area contributed by atoms with Crippen LogP contribution in [0.3, 0.4) is 0 Å². The SMILES string of the molecule is N#Cc1cc(CN2CC[C@H](N)C2=O)co1. The van der Waals surface area contributed by atoms with Crippen molar-refractivity contribution in [3.05, 3.63) is 23.7 Å². The smallest absolute Gasteiger partial charge is 0.239 e. The zero-order valence-electron chi connectivity index (χ0n) is 8.14. The molecule has 1 aromatic heterocycles. The van der Waals surface area contributed by atoms with Gasteiger partial charge >= 0.3 is 0 Å². The molecule has 1 amide bonds. The third-order valence-electron chi connectivity index (χ3n) is 2.48. The molecule has 1 atom stereocenters. The van der Waals surface area contributed by atoms with E-state index in [1.54, 1.807) is 11.0 Å². The van der Waals surface area contributed by atoms with Crippen molar-refractivity contribution in [1.82, 2.24) is 4.90 Å². The summed E-state index contributed by atoms with van der Waals surface area (Å²) in [6, 6.07) is 3.17. The Bertz CT molecular complexity index is 419. The molecule has 2 N–H and O–H groups in total. The number of nitriles is 1. The van der Waals surface area contributed by atoms with Gasteiger partial charge in [-0.25, -0.2) is 0 Å². The molecular weight excluding hydrogens is 194 g/mol. The number of amides is 1. The minimum absolute atomic E-state index is 0.0327. The van der Waals surface area contributed by atoms with Gasteiger partial charge < -0.3 is 15.1 Å². The summed E-state index contributed by atoms with van der Waals surface area (Å²) in [6.07, 6.45) is 2.19. The van der Waals surface area contributed by atoms with E-state index >= 15 is 0 Å². The Balaban J connectivity index is 2.04. The fourth-order valence-corrected chi connectivity index (χ4v) is 1.66. The topological polar surface area (TPSA) is 83.3 Å². The summed E-state index contributed by atoms with van der Waals surface area (Å²) >= 11 is 0. The maximum atomic E-state index is 11.5. The van der Waals surface area contributed by atoms with Crippen LogP contribution in [0.2, 0.25) is 0 Å². The summed E-state index contributed by atoms with van der Waals surface area (Å²) in [5.74, 6) is 0.232. The lowest BCUT2D eigenvalue weighted by atomic mass is 10.3. The highest BCUT2D eigenvalue weighted by molar-refractivity contribution is 5.83. The lowest BCUT2D eigenvalue weighted by Gasteiger charge is -2.13. The van der Waals surface area contributed by atoms with Crippen LogP contribution in [0.15, 0.2) is 16.7 Å². The fourth-order valence-electron chi connectivity index (χ4n) is 1.66. The molecule has 15 heavy (non-hydrogen) atoms. The lowest BCUT2D eigenvalue weighted by Crippen LogP contribution is -2.33. The summed E-state index contributed by atoms with van der Waals surface area (Å²) in [5, 5.41) is 8.56. The molecular formula is C10H11N3O2. The van der Waals surface area contributed by atoms with Crippen molar-refractivity contribution in [3.8, 4) is 6.07 Å². The van der Waals surface area contributed by atoms with Crippen molar-refractivity contribution in [2.75, 3.05) is 6.54 Å². The average Bonchev–Trinajstić information content (AvgIpc) is 2.80. The minimum Gasteiger partial charge on any atom is -0.454 e. The van der Waals surface area contributed by atoms with Gasteiger partial charge in [0.05, 0.1) is 12.3 Å². The lowest BCUT2D eigenvalue weighted by molar-refractivity contribution is -0.129. The number of carbonyl (C=O) groups excluding carboxylic acids is 1. The molecule has 1 fully saturated rings. The van der Waals surface area contributed by atoms with E-state index in [9.17, 15) is 4.79 Å². The van der Waals surface area contributed by atoms with Crippen molar-refractivity contribution >= 4 is 5.91 Å². The Morgan fingerprint density at radius 2 is 2.53 bits per heavy atom. The van der Waals surface area contributed by atoms with E-state index < -0.39 is 0 Å². The summed E-state index contributed by atoms with van der Waals surface area (Å²) < 4.78 is 4.96. The molecule has 0 saturated carbocycles. The third kappa shape index (κ3) is 1.85. The van der Waals surface area contributed by atoms with E-state index in [-0.39, 0.29) is 17.7 Å². The normalized spacial score (nSPS) is 20.7. The van der Waals surface area contributed by atoms with E-state index in [1.807, 2.05) is 6.07 Å². The van der Waals surface area contributed by atoms with Crippen molar-refractivity contribution in [3.63, 3.8) is 0 Å². The van der Waals surface area contributed by atoms with Crippen LogP contribution in [-0.4, -0.2) is 23.4 Å². The fraction of sp³-hybridized carbons (Fsp3) is 0.400. The summed E-state index contributed by atoms with van der Waals surface area (Å²) in [4.78, 5) is 13.2. The molecule has 0 unspecified atom stereocenters. The van der Waals surface area contributed by atoms with Crippen molar-refractivity contribution in [2.24, 2.45) is 5.73 Å². The average molecular weight is 205 g/mol. The molecule has 2 heterocycles. The van der Waals surface area contributed by atoms with Crippen LogP contribution in [0.1, 0.15) is 17.7 Å². The minimum atomic E-state index is -0.368. The number of rotatable bonds is 2. The number of nitrogens with two attached hydrogens (primary N) is 1. The Labute approximate surface area is 87.1 Å². The number of hydrogen-bond donors (Lipinski definition) is 1. The molecule has 5 nitrogen and oxygen atoms in total. The zero-order valence-corrected chi connectivity index (χ0v) is 8.14. The number of carbonyl (C=O) groups is 1. The molecule has 1 aliphatic heterocycles. The molecule has 1 aromatic rings. The maximum absolute atomic E-state index is 11.5. The van der Waals surface area contributed by atoms with Crippen LogP contribution in [0.5, 0.6) is 0 Å². The standard InChI is InChI=1S/C10H11N3O2/c11-4-8-3-7(6-15-8)5-13-2-1-9(12)10(13)14/h3,6,9H,1-2,5,12H2/t9-/m0/s1.